The lowest BCUT2D eigenvalue weighted by molar-refractivity contribution is -0.0153. The fraction of sp³-hybridized carbons (Fsp3) is 0.923. The molecule has 0 aromatic rings. The van der Waals surface area contributed by atoms with Crippen LogP contribution < -0.4 is 0 Å². The Hall–Kier alpha value is -0.550. The average Bonchev–Trinajstić information content (AvgIpc) is 2.29. The maximum atomic E-state index is 10.5. The molecule has 0 saturated heterocycles. The number of hydrogen-bond acceptors (Lipinski definition) is 2. The van der Waals surface area contributed by atoms with Gasteiger partial charge in [0.1, 0.15) is 0 Å². The molecule has 2 unspecified atom stereocenters. The zero-order valence-corrected chi connectivity index (χ0v) is 10.2. The van der Waals surface area contributed by atoms with Crippen LogP contribution in [0.25, 0.3) is 0 Å². The molecule has 1 saturated carbocycles. The molecule has 0 amide bonds. The molecule has 2 atom stereocenters. The van der Waals surface area contributed by atoms with Gasteiger partial charge in [-0.05, 0) is 37.5 Å². The fourth-order valence-electron chi connectivity index (χ4n) is 2.62. The number of aliphatic hydroxyl groups is 1. The SMILES string of the molecule is CCC(C#N)C1(O)CCCC(C)(C)CC1. The van der Waals surface area contributed by atoms with Gasteiger partial charge < -0.3 is 5.11 Å². The predicted molar refractivity (Wildman–Crippen MR) is 61.2 cm³/mol. The molecule has 15 heavy (non-hydrogen) atoms. The van der Waals surface area contributed by atoms with Gasteiger partial charge in [-0.3, -0.25) is 0 Å². The highest BCUT2D eigenvalue weighted by atomic mass is 16.3. The van der Waals surface area contributed by atoms with Crippen molar-refractivity contribution in [3.63, 3.8) is 0 Å². The van der Waals surface area contributed by atoms with Crippen LogP contribution in [-0.4, -0.2) is 10.7 Å². The summed E-state index contributed by atoms with van der Waals surface area (Å²) in [5, 5.41) is 19.6. The van der Waals surface area contributed by atoms with E-state index in [9.17, 15) is 5.11 Å². The summed E-state index contributed by atoms with van der Waals surface area (Å²) in [7, 11) is 0. The Kier molecular flexibility index (Phi) is 3.78. The van der Waals surface area contributed by atoms with Crippen LogP contribution in [0.1, 0.15) is 59.3 Å². The highest BCUT2D eigenvalue weighted by Crippen LogP contribution is 2.41. The Morgan fingerprint density at radius 1 is 1.27 bits per heavy atom. The molecule has 0 aliphatic heterocycles. The van der Waals surface area contributed by atoms with Crippen LogP contribution in [-0.2, 0) is 0 Å². The third-order valence-corrected chi connectivity index (χ3v) is 3.91. The van der Waals surface area contributed by atoms with E-state index in [4.69, 9.17) is 5.26 Å². The van der Waals surface area contributed by atoms with Crippen LogP contribution in [0.2, 0.25) is 0 Å². The smallest absolute Gasteiger partial charge is 0.0805 e. The first kappa shape index (κ1) is 12.5. The van der Waals surface area contributed by atoms with Crippen molar-refractivity contribution in [2.45, 2.75) is 64.9 Å². The van der Waals surface area contributed by atoms with Crippen molar-refractivity contribution in [3.8, 4) is 6.07 Å². The Balaban J connectivity index is 2.74. The molecule has 2 nitrogen and oxygen atoms in total. The molecular weight excluding hydrogens is 186 g/mol. The number of rotatable bonds is 2. The maximum absolute atomic E-state index is 10.5. The average molecular weight is 209 g/mol. The van der Waals surface area contributed by atoms with E-state index < -0.39 is 5.60 Å². The summed E-state index contributed by atoms with van der Waals surface area (Å²) in [5.41, 5.74) is -0.393. The summed E-state index contributed by atoms with van der Waals surface area (Å²) < 4.78 is 0. The molecule has 0 spiro atoms. The normalized spacial score (nSPS) is 32.7. The number of nitrogens with zero attached hydrogens (tertiary/aromatic N) is 1. The van der Waals surface area contributed by atoms with E-state index in [0.717, 1.165) is 38.5 Å². The summed E-state index contributed by atoms with van der Waals surface area (Å²) in [6, 6.07) is 2.27. The lowest BCUT2D eigenvalue weighted by Crippen LogP contribution is -2.36. The minimum Gasteiger partial charge on any atom is -0.389 e. The second-order valence-corrected chi connectivity index (χ2v) is 5.71. The van der Waals surface area contributed by atoms with Gasteiger partial charge in [-0.2, -0.15) is 5.26 Å². The van der Waals surface area contributed by atoms with E-state index in [1.807, 2.05) is 6.92 Å². The first-order chi connectivity index (χ1) is 6.93. The van der Waals surface area contributed by atoms with E-state index >= 15 is 0 Å². The summed E-state index contributed by atoms with van der Waals surface area (Å²) >= 11 is 0. The van der Waals surface area contributed by atoms with E-state index in [2.05, 4.69) is 19.9 Å². The topological polar surface area (TPSA) is 44.0 Å². The highest BCUT2D eigenvalue weighted by Gasteiger charge is 2.39. The monoisotopic (exact) mass is 209 g/mol. The van der Waals surface area contributed by atoms with E-state index in [-0.39, 0.29) is 5.92 Å². The van der Waals surface area contributed by atoms with Gasteiger partial charge in [0.05, 0.1) is 17.6 Å². The molecule has 1 fully saturated rings. The second kappa shape index (κ2) is 4.53. The predicted octanol–water partition coefficient (Wildman–Crippen LogP) is 3.26. The summed E-state index contributed by atoms with van der Waals surface area (Å²) in [4.78, 5) is 0. The van der Waals surface area contributed by atoms with Crippen molar-refractivity contribution in [2.75, 3.05) is 0 Å². The van der Waals surface area contributed by atoms with E-state index in [0.29, 0.717) is 5.41 Å². The Morgan fingerprint density at radius 3 is 2.47 bits per heavy atom. The second-order valence-electron chi connectivity index (χ2n) is 5.71. The summed E-state index contributed by atoms with van der Waals surface area (Å²) in [6.07, 6.45) is 5.57. The van der Waals surface area contributed by atoms with E-state index in [1.54, 1.807) is 0 Å². The van der Waals surface area contributed by atoms with Crippen molar-refractivity contribution in [2.24, 2.45) is 11.3 Å². The summed E-state index contributed by atoms with van der Waals surface area (Å²) in [5.74, 6) is -0.189. The van der Waals surface area contributed by atoms with E-state index in [1.165, 1.54) is 0 Å². The molecule has 2 heteroatoms. The molecule has 1 rings (SSSR count). The minimum absolute atomic E-state index is 0.189. The standard InChI is InChI=1S/C13H23NO/c1-4-11(10-14)13(15)7-5-6-12(2,3)8-9-13/h11,15H,4-9H2,1-3H3. The first-order valence-corrected chi connectivity index (χ1v) is 6.05. The molecule has 1 aliphatic rings. The van der Waals surface area contributed by atoms with Gasteiger partial charge in [0.2, 0.25) is 0 Å². The van der Waals surface area contributed by atoms with Crippen LogP contribution in [0.15, 0.2) is 0 Å². The van der Waals surface area contributed by atoms with Crippen LogP contribution in [0.3, 0.4) is 0 Å². The number of hydrogen-bond donors (Lipinski definition) is 1. The highest BCUT2D eigenvalue weighted by molar-refractivity contribution is 5.00. The molecular formula is C13H23NO. The van der Waals surface area contributed by atoms with Crippen LogP contribution in [0.4, 0.5) is 0 Å². The van der Waals surface area contributed by atoms with Crippen LogP contribution in [0.5, 0.6) is 0 Å². The molecule has 0 bridgehead atoms. The fourth-order valence-corrected chi connectivity index (χ4v) is 2.62. The minimum atomic E-state index is -0.725. The third-order valence-electron chi connectivity index (χ3n) is 3.91. The van der Waals surface area contributed by atoms with Gasteiger partial charge in [-0.15, -0.1) is 0 Å². The van der Waals surface area contributed by atoms with Crippen LogP contribution in [0, 0.1) is 22.7 Å². The molecule has 0 radical (unpaired) electrons. The zero-order chi connectivity index (χ0) is 11.5. The maximum Gasteiger partial charge on any atom is 0.0805 e. The first-order valence-electron chi connectivity index (χ1n) is 6.05. The van der Waals surface area contributed by atoms with Crippen molar-refractivity contribution in [1.29, 1.82) is 5.26 Å². The van der Waals surface area contributed by atoms with Gasteiger partial charge in [0.15, 0.2) is 0 Å². The zero-order valence-electron chi connectivity index (χ0n) is 10.2. The lowest BCUT2D eigenvalue weighted by atomic mass is 9.79. The van der Waals surface area contributed by atoms with Crippen molar-refractivity contribution >= 4 is 0 Å². The molecule has 1 N–H and O–H groups in total. The van der Waals surface area contributed by atoms with Gasteiger partial charge in [-0.25, -0.2) is 0 Å². The van der Waals surface area contributed by atoms with Gasteiger partial charge >= 0.3 is 0 Å². The summed E-state index contributed by atoms with van der Waals surface area (Å²) in [6.45, 7) is 6.50. The Morgan fingerprint density at radius 2 is 1.93 bits per heavy atom. The van der Waals surface area contributed by atoms with Gasteiger partial charge in [0, 0.05) is 0 Å². The lowest BCUT2D eigenvalue weighted by Gasteiger charge is -2.31. The van der Waals surface area contributed by atoms with Crippen molar-refractivity contribution in [1.82, 2.24) is 0 Å². The Labute approximate surface area is 93.3 Å². The van der Waals surface area contributed by atoms with Crippen molar-refractivity contribution in [3.05, 3.63) is 0 Å². The largest absolute Gasteiger partial charge is 0.389 e. The van der Waals surface area contributed by atoms with Crippen LogP contribution >= 0.6 is 0 Å². The number of nitriles is 1. The van der Waals surface area contributed by atoms with Gasteiger partial charge in [0.25, 0.3) is 0 Å². The molecule has 0 aromatic carbocycles. The molecule has 0 aromatic heterocycles. The quantitative estimate of drug-likeness (QED) is 0.709. The molecule has 1 aliphatic carbocycles. The molecule has 86 valence electrons. The Bertz CT molecular complexity index is 254. The van der Waals surface area contributed by atoms with Crippen molar-refractivity contribution < 1.29 is 5.11 Å². The van der Waals surface area contributed by atoms with Gasteiger partial charge in [-0.1, -0.05) is 27.2 Å². The third kappa shape index (κ3) is 2.95. The molecule has 0 heterocycles.